The molecule has 122 valence electrons. The maximum Gasteiger partial charge on any atom is 0.403 e. The summed E-state index contributed by atoms with van der Waals surface area (Å²) in [6, 6.07) is 3.68. The van der Waals surface area contributed by atoms with E-state index < -0.39 is 17.5 Å². The molecule has 2 aliphatic rings. The van der Waals surface area contributed by atoms with Crippen molar-refractivity contribution in [2.75, 3.05) is 20.1 Å². The molecule has 3 nitrogen and oxygen atoms in total. The van der Waals surface area contributed by atoms with Crippen LogP contribution >= 0.6 is 11.3 Å². The molecule has 1 aromatic rings. The maximum absolute atomic E-state index is 13.2. The van der Waals surface area contributed by atoms with E-state index in [0.717, 1.165) is 4.88 Å². The highest BCUT2D eigenvalue weighted by atomic mass is 32.1. The summed E-state index contributed by atoms with van der Waals surface area (Å²) in [6.45, 7) is 2.74. The lowest BCUT2D eigenvalue weighted by molar-refractivity contribution is -0.201. The molecule has 1 unspecified atom stereocenters. The fourth-order valence-corrected chi connectivity index (χ4v) is 4.12. The van der Waals surface area contributed by atoms with E-state index in [4.69, 9.17) is 0 Å². The van der Waals surface area contributed by atoms with Gasteiger partial charge in [0, 0.05) is 24.0 Å². The third-order valence-electron chi connectivity index (χ3n) is 4.82. The largest absolute Gasteiger partial charge is 0.403 e. The van der Waals surface area contributed by atoms with Gasteiger partial charge in [0.2, 0.25) is 5.91 Å². The predicted octanol–water partition coefficient (Wildman–Crippen LogP) is 3.29. The van der Waals surface area contributed by atoms with Crippen LogP contribution in [0.5, 0.6) is 0 Å². The highest BCUT2D eigenvalue weighted by Gasteiger charge is 2.69. The second kappa shape index (κ2) is 5.23. The number of carbonyl (C=O) groups excluding carboxylic acids is 1. The Bertz CT molecular complexity index is 554. The van der Waals surface area contributed by atoms with Crippen LogP contribution in [-0.4, -0.2) is 48.1 Å². The number of likely N-dealkylation sites (N-methyl/N-ethyl adjacent to an activating group) is 1. The molecule has 0 N–H and O–H groups in total. The molecule has 7 heteroatoms. The van der Waals surface area contributed by atoms with Gasteiger partial charge in [-0.05, 0) is 38.3 Å². The van der Waals surface area contributed by atoms with E-state index in [2.05, 4.69) is 4.90 Å². The molecular weight excluding hydrogens is 313 g/mol. The van der Waals surface area contributed by atoms with Crippen molar-refractivity contribution in [1.82, 2.24) is 9.80 Å². The fraction of sp³-hybridized carbons (Fsp3) is 0.667. The Kier molecular flexibility index (Phi) is 3.76. The highest BCUT2D eigenvalue weighted by molar-refractivity contribution is 7.10. The van der Waals surface area contributed by atoms with Crippen LogP contribution in [0.3, 0.4) is 0 Å². The van der Waals surface area contributed by atoms with E-state index in [1.807, 2.05) is 31.5 Å². The number of hydrogen-bond acceptors (Lipinski definition) is 3. The molecule has 0 radical (unpaired) electrons. The number of amides is 1. The van der Waals surface area contributed by atoms with Gasteiger partial charge in [-0.25, -0.2) is 0 Å². The third-order valence-corrected chi connectivity index (χ3v) is 5.79. The molecule has 1 saturated carbocycles. The topological polar surface area (TPSA) is 23.6 Å². The fourth-order valence-electron chi connectivity index (χ4n) is 3.24. The molecular formula is C15H19F3N2OS. The second-order valence-corrected chi connectivity index (χ2v) is 7.34. The van der Waals surface area contributed by atoms with Crippen LogP contribution in [0, 0.1) is 5.41 Å². The number of piperazine rings is 1. The van der Waals surface area contributed by atoms with Crippen molar-refractivity contribution in [3.63, 3.8) is 0 Å². The van der Waals surface area contributed by atoms with Crippen LogP contribution in [0.1, 0.15) is 30.7 Å². The molecule has 0 bridgehead atoms. The molecule has 2 fully saturated rings. The molecule has 22 heavy (non-hydrogen) atoms. The maximum atomic E-state index is 13.2. The van der Waals surface area contributed by atoms with Crippen molar-refractivity contribution < 1.29 is 18.0 Å². The zero-order valence-corrected chi connectivity index (χ0v) is 13.4. The van der Waals surface area contributed by atoms with Crippen molar-refractivity contribution in [2.45, 2.75) is 38.0 Å². The standard InChI is InChI=1S/C15H19F3N2OS/c1-10-8-19(2)11(12-4-3-7-22-12)9-20(10)13(21)14(5-6-14)15(16,17)18/h3-4,7,10-11H,5-6,8-9H2,1-2H3/t10?,11-/m1/s1. The Hall–Kier alpha value is -1.08. The summed E-state index contributed by atoms with van der Waals surface area (Å²) >= 11 is 1.57. The van der Waals surface area contributed by atoms with E-state index >= 15 is 0 Å². The van der Waals surface area contributed by atoms with Gasteiger partial charge in [0.05, 0.1) is 6.04 Å². The molecule has 3 rings (SSSR count). The molecule has 1 aromatic heterocycles. The van der Waals surface area contributed by atoms with E-state index in [1.54, 1.807) is 11.3 Å². The van der Waals surface area contributed by atoms with Gasteiger partial charge in [0.1, 0.15) is 5.41 Å². The van der Waals surface area contributed by atoms with Gasteiger partial charge >= 0.3 is 6.18 Å². The van der Waals surface area contributed by atoms with Crippen LogP contribution in [0.2, 0.25) is 0 Å². The summed E-state index contributed by atoms with van der Waals surface area (Å²) in [4.78, 5) is 17.2. The molecule has 1 saturated heterocycles. The predicted molar refractivity (Wildman–Crippen MR) is 78.6 cm³/mol. The highest BCUT2D eigenvalue weighted by Crippen LogP contribution is 2.59. The minimum absolute atomic E-state index is 0.0239. The Morgan fingerprint density at radius 2 is 2.05 bits per heavy atom. The van der Waals surface area contributed by atoms with Crippen LogP contribution in [0.25, 0.3) is 0 Å². The first-order valence-corrected chi connectivity index (χ1v) is 8.26. The zero-order valence-electron chi connectivity index (χ0n) is 12.6. The zero-order chi connectivity index (χ0) is 16.1. The van der Waals surface area contributed by atoms with Gasteiger partial charge in [0.15, 0.2) is 0 Å². The monoisotopic (exact) mass is 332 g/mol. The number of thiophene rings is 1. The molecule has 2 atom stereocenters. The summed E-state index contributed by atoms with van der Waals surface area (Å²) < 4.78 is 39.7. The molecule has 2 heterocycles. The summed E-state index contributed by atoms with van der Waals surface area (Å²) in [5.41, 5.74) is -2.11. The number of halogens is 3. The number of alkyl halides is 3. The lowest BCUT2D eigenvalue weighted by Gasteiger charge is -2.44. The molecule has 1 aliphatic carbocycles. The summed E-state index contributed by atoms with van der Waals surface area (Å²) in [5.74, 6) is -0.734. The van der Waals surface area contributed by atoms with Crippen molar-refractivity contribution in [3.8, 4) is 0 Å². The SMILES string of the molecule is CC1CN(C)[C@@H](c2cccs2)CN1C(=O)C1(C(F)(F)F)CC1. The Balaban J connectivity index is 1.83. The molecule has 1 aliphatic heterocycles. The van der Waals surface area contributed by atoms with Gasteiger partial charge in [-0.2, -0.15) is 13.2 Å². The molecule has 1 amide bonds. The number of rotatable bonds is 2. The number of hydrogen-bond donors (Lipinski definition) is 0. The van der Waals surface area contributed by atoms with Crippen LogP contribution in [-0.2, 0) is 4.79 Å². The lowest BCUT2D eigenvalue weighted by Crippen LogP contribution is -2.57. The van der Waals surface area contributed by atoms with Crippen molar-refractivity contribution in [1.29, 1.82) is 0 Å². The van der Waals surface area contributed by atoms with Gasteiger partial charge in [-0.3, -0.25) is 9.69 Å². The van der Waals surface area contributed by atoms with E-state index in [-0.39, 0.29) is 24.9 Å². The van der Waals surface area contributed by atoms with Crippen molar-refractivity contribution in [2.24, 2.45) is 5.41 Å². The van der Waals surface area contributed by atoms with Crippen LogP contribution in [0.4, 0.5) is 13.2 Å². The third kappa shape index (κ3) is 2.44. The first-order valence-electron chi connectivity index (χ1n) is 7.38. The van der Waals surface area contributed by atoms with Crippen LogP contribution < -0.4 is 0 Å². The lowest BCUT2D eigenvalue weighted by atomic mass is 9.99. The average Bonchev–Trinajstić information content (AvgIpc) is 3.09. The normalized spacial score (nSPS) is 28.7. The Labute approximate surface area is 131 Å². The molecule has 0 spiro atoms. The minimum atomic E-state index is -4.44. The van der Waals surface area contributed by atoms with Gasteiger partial charge in [0.25, 0.3) is 0 Å². The summed E-state index contributed by atoms with van der Waals surface area (Å²) in [7, 11) is 1.96. The number of carbonyl (C=O) groups is 1. The van der Waals surface area contributed by atoms with Gasteiger partial charge in [-0.15, -0.1) is 11.3 Å². The smallest absolute Gasteiger partial charge is 0.336 e. The first-order chi connectivity index (χ1) is 10.3. The Morgan fingerprint density at radius 3 is 2.55 bits per heavy atom. The summed E-state index contributed by atoms with van der Waals surface area (Å²) in [6.07, 6.45) is -4.58. The van der Waals surface area contributed by atoms with Crippen LogP contribution in [0.15, 0.2) is 17.5 Å². The van der Waals surface area contributed by atoms with E-state index in [0.29, 0.717) is 13.1 Å². The van der Waals surface area contributed by atoms with Gasteiger partial charge < -0.3 is 4.90 Å². The van der Waals surface area contributed by atoms with Crippen molar-refractivity contribution >= 4 is 17.2 Å². The first kappa shape index (κ1) is 15.8. The quantitative estimate of drug-likeness (QED) is 0.830. The van der Waals surface area contributed by atoms with Crippen molar-refractivity contribution in [3.05, 3.63) is 22.4 Å². The molecule has 0 aromatic carbocycles. The summed E-state index contributed by atoms with van der Waals surface area (Å²) in [5, 5.41) is 1.95. The van der Waals surface area contributed by atoms with E-state index in [9.17, 15) is 18.0 Å². The second-order valence-electron chi connectivity index (χ2n) is 6.36. The van der Waals surface area contributed by atoms with Gasteiger partial charge in [-0.1, -0.05) is 6.07 Å². The average molecular weight is 332 g/mol. The number of nitrogens with zero attached hydrogens (tertiary/aromatic N) is 2. The van der Waals surface area contributed by atoms with E-state index in [1.165, 1.54) is 4.90 Å². The Morgan fingerprint density at radius 1 is 1.36 bits per heavy atom. The minimum Gasteiger partial charge on any atom is -0.336 e.